The van der Waals surface area contributed by atoms with E-state index < -0.39 is 0 Å². The number of guanidine groups is 1. The molecule has 2 N–H and O–H groups in total. The maximum Gasteiger partial charge on any atom is 0.191 e. The largest absolute Gasteiger partial charge is 0.377 e. The number of nitrogens with zero attached hydrogens (tertiary/aromatic N) is 1. The molecule has 3 atom stereocenters. The first-order valence-electron chi connectivity index (χ1n) is 8.99. The van der Waals surface area contributed by atoms with E-state index in [9.17, 15) is 4.39 Å². The van der Waals surface area contributed by atoms with Crippen molar-refractivity contribution in [2.75, 3.05) is 26.0 Å². The van der Waals surface area contributed by atoms with Crippen molar-refractivity contribution < 1.29 is 9.13 Å². The fraction of sp³-hybridized carbons (Fsp3) is 0.632. The molecular formula is C19H29FIN3OS. The van der Waals surface area contributed by atoms with Gasteiger partial charge in [0.05, 0.1) is 6.10 Å². The lowest BCUT2D eigenvalue weighted by Gasteiger charge is -2.54. The molecule has 2 aliphatic rings. The van der Waals surface area contributed by atoms with Crippen molar-refractivity contribution in [1.29, 1.82) is 0 Å². The minimum atomic E-state index is -0.185. The van der Waals surface area contributed by atoms with Crippen molar-refractivity contribution in [2.45, 2.75) is 43.7 Å². The van der Waals surface area contributed by atoms with Gasteiger partial charge in [-0.3, -0.25) is 4.99 Å². The van der Waals surface area contributed by atoms with E-state index in [1.807, 2.05) is 19.2 Å². The van der Waals surface area contributed by atoms with Gasteiger partial charge in [0.2, 0.25) is 0 Å². The molecule has 4 nitrogen and oxygen atoms in total. The van der Waals surface area contributed by atoms with E-state index in [0.29, 0.717) is 18.1 Å². The maximum absolute atomic E-state index is 12.9. The molecule has 26 heavy (non-hydrogen) atoms. The molecule has 1 saturated carbocycles. The molecule has 1 saturated heterocycles. The average molecular weight is 493 g/mol. The van der Waals surface area contributed by atoms with E-state index in [1.165, 1.54) is 12.1 Å². The Labute approximate surface area is 177 Å². The Balaban J connectivity index is 0.00000243. The third kappa shape index (κ3) is 4.84. The van der Waals surface area contributed by atoms with Crippen molar-refractivity contribution in [3.8, 4) is 0 Å². The van der Waals surface area contributed by atoms with Crippen LogP contribution in [-0.2, 0) is 4.74 Å². The molecule has 0 spiro atoms. The first kappa shape index (κ1) is 21.8. The molecule has 2 fully saturated rings. The van der Waals surface area contributed by atoms with Crippen molar-refractivity contribution >= 4 is 41.7 Å². The molecule has 1 heterocycles. The molecule has 1 aliphatic heterocycles. The normalized spacial score (nSPS) is 26.5. The zero-order valence-electron chi connectivity index (χ0n) is 15.6. The zero-order chi connectivity index (χ0) is 17.9. The van der Waals surface area contributed by atoms with Crippen LogP contribution in [0, 0.1) is 17.2 Å². The Morgan fingerprint density at radius 3 is 2.77 bits per heavy atom. The van der Waals surface area contributed by atoms with Crippen LogP contribution < -0.4 is 10.6 Å². The van der Waals surface area contributed by atoms with Gasteiger partial charge in [-0.25, -0.2) is 4.39 Å². The Hall–Kier alpha value is -0.540. The van der Waals surface area contributed by atoms with E-state index in [0.717, 1.165) is 42.6 Å². The predicted octanol–water partition coefficient (Wildman–Crippen LogP) is 3.90. The lowest BCUT2D eigenvalue weighted by Crippen LogP contribution is -2.67. The van der Waals surface area contributed by atoms with E-state index in [-0.39, 0.29) is 35.2 Å². The summed E-state index contributed by atoms with van der Waals surface area (Å²) in [6.07, 6.45) is 2.54. The zero-order valence-corrected chi connectivity index (χ0v) is 18.8. The summed E-state index contributed by atoms with van der Waals surface area (Å²) in [5.41, 5.74) is 0.150. The minimum Gasteiger partial charge on any atom is -0.377 e. The minimum absolute atomic E-state index is 0. The molecule has 3 unspecified atom stereocenters. The van der Waals surface area contributed by atoms with E-state index in [1.54, 1.807) is 11.8 Å². The van der Waals surface area contributed by atoms with Crippen LogP contribution in [0.1, 0.15) is 26.7 Å². The van der Waals surface area contributed by atoms with Crippen molar-refractivity contribution in [3.63, 3.8) is 0 Å². The Morgan fingerprint density at radius 1 is 1.35 bits per heavy atom. The van der Waals surface area contributed by atoms with Crippen LogP contribution in [0.4, 0.5) is 4.39 Å². The SMILES string of the molecule is CN=C(NCCCSc1ccc(F)cc1)NC1C2CCOC2C1(C)C.I. The first-order chi connectivity index (χ1) is 12.0. The third-order valence-corrected chi connectivity index (χ3v) is 6.41. The van der Waals surface area contributed by atoms with Crippen LogP contribution in [0.5, 0.6) is 0 Å². The molecule has 0 amide bonds. The highest BCUT2D eigenvalue weighted by molar-refractivity contribution is 14.0. The highest BCUT2D eigenvalue weighted by Gasteiger charge is 2.59. The predicted molar refractivity (Wildman–Crippen MR) is 117 cm³/mol. The standard InChI is InChI=1S/C19H28FN3OS.HI/c1-19(2)16(15-9-11-24-17(15)19)23-18(21-3)22-10-4-12-25-14-7-5-13(20)6-8-14;/h5-8,15-17H,4,9-12H2,1-3H3,(H2,21,22,23);1H. The third-order valence-electron chi connectivity index (χ3n) is 5.31. The van der Waals surface area contributed by atoms with E-state index in [2.05, 4.69) is 29.5 Å². The number of halogens is 2. The second kappa shape index (κ2) is 9.59. The molecule has 3 rings (SSSR count). The number of fused-ring (bicyclic) bond motifs is 1. The number of ether oxygens (including phenoxy) is 1. The van der Waals surface area contributed by atoms with E-state index in [4.69, 9.17) is 4.74 Å². The van der Waals surface area contributed by atoms with Crippen LogP contribution in [0.2, 0.25) is 0 Å². The summed E-state index contributed by atoms with van der Waals surface area (Å²) in [5, 5.41) is 7.00. The Kier molecular flexibility index (Phi) is 8.03. The van der Waals surface area contributed by atoms with Gasteiger partial charge < -0.3 is 15.4 Å². The van der Waals surface area contributed by atoms with Gasteiger partial charge in [-0.15, -0.1) is 35.7 Å². The molecule has 0 aromatic heterocycles. The van der Waals surface area contributed by atoms with Crippen LogP contribution in [0.15, 0.2) is 34.2 Å². The topological polar surface area (TPSA) is 45.7 Å². The Morgan fingerprint density at radius 2 is 2.08 bits per heavy atom. The average Bonchev–Trinajstić information content (AvgIpc) is 3.06. The number of hydrogen-bond donors (Lipinski definition) is 2. The maximum atomic E-state index is 12.9. The van der Waals surface area contributed by atoms with Gasteiger partial charge in [-0.2, -0.15) is 0 Å². The van der Waals surface area contributed by atoms with Gasteiger partial charge in [0.25, 0.3) is 0 Å². The number of aliphatic imine (C=N–C) groups is 1. The Bertz CT molecular complexity index is 611. The lowest BCUT2D eigenvalue weighted by molar-refractivity contribution is -0.106. The van der Waals surface area contributed by atoms with Crippen molar-refractivity contribution in [1.82, 2.24) is 10.6 Å². The highest BCUT2D eigenvalue weighted by Crippen LogP contribution is 2.52. The fourth-order valence-electron chi connectivity index (χ4n) is 3.96. The molecule has 1 aliphatic carbocycles. The number of rotatable bonds is 6. The summed E-state index contributed by atoms with van der Waals surface area (Å²) >= 11 is 1.75. The van der Waals surface area contributed by atoms with Crippen molar-refractivity contribution in [2.24, 2.45) is 16.3 Å². The molecule has 7 heteroatoms. The van der Waals surface area contributed by atoms with Gasteiger partial charge in [-0.1, -0.05) is 13.8 Å². The van der Waals surface area contributed by atoms with Gasteiger partial charge in [0, 0.05) is 42.5 Å². The fourth-order valence-corrected chi connectivity index (χ4v) is 4.81. The van der Waals surface area contributed by atoms with Gasteiger partial charge >= 0.3 is 0 Å². The van der Waals surface area contributed by atoms with Crippen LogP contribution in [0.3, 0.4) is 0 Å². The van der Waals surface area contributed by atoms with E-state index >= 15 is 0 Å². The molecule has 146 valence electrons. The lowest BCUT2D eigenvalue weighted by atomic mass is 9.57. The number of benzene rings is 1. The first-order valence-corrected chi connectivity index (χ1v) is 9.98. The summed E-state index contributed by atoms with van der Waals surface area (Å²) < 4.78 is 18.7. The van der Waals surface area contributed by atoms with Crippen molar-refractivity contribution in [3.05, 3.63) is 30.1 Å². The molecule has 0 bridgehead atoms. The summed E-state index contributed by atoms with van der Waals surface area (Å²) in [6.45, 7) is 6.28. The monoisotopic (exact) mass is 493 g/mol. The summed E-state index contributed by atoms with van der Waals surface area (Å²) in [7, 11) is 1.82. The summed E-state index contributed by atoms with van der Waals surface area (Å²) in [6, 6.07) is 7.08. The molecule has 1 aromatic carbocycles. The van der Waals surface area contributed by atoms with Crippen LogP contribution in [-0.4, -0.2) is 44.1 Å². The quantitative estimate of drug-likeness (QED) is 0.208. The van der Waals surface area contributed by atoms with Gasteiger partial charge in [0.1, 0.15) is 5.82 Å². The second-order valence-electron chi connectivity index (χ2n) is 7.34. The van der Waals surface area contributed by atoms with Gasteiger partial charge in [-0.05, 0) is 42.9 Å². The number of thioether (sulfide) groups is 1. The van der Waals surface area contributed by atoms with Gasteiger partial charge in [0.15, 0.2) is 5.96 Å². The number of hydrogen-bond acceptors (Lipinski definition) is 3. The second-order valence-corrected chi connectivity index (χ2v) is 8.51. The smallest absolute Gasteiger partial charge is 0.191 e. The molecular weight excluding hydrogens is 464 g/mol. The summed E-state index contributed by atoms with van der Waals surface area (Å²) in [4.78, 5) is 5.46. The number of nitrogens with one attached hydrogen (secondary N) is 2. The highest BCUT2D eigenvalue weighted by atomic mass is 127. The molecule has 1 aromatic rings. The molecule has 0 radical (unpaired) electrons. The van der Waals surface area contributed by atoms with Crippen LogP contribution >= 0.6 is 35.7 Å². The van der Waals surface area contributed by atoms with Crippen LogP contribution in [0.25, 0.3) is 0 Å². The summed E-state index contributed by atoms with van der Waals surface area (Å²) in [5.74, 6) is 2.27.